The van der Waals surface area contributed by atoms with Crippen LogP contribution in [0.15, 0.2) is 60.8 Å². The van der Waals surface area contributed by atoms with E-state index < -0.39 is 41.4 Å². The molecule has 3 amide bonds. The van der Waals surface area contributed by atoms with Crippen molar-refractivity contribution in [2.24, 2.45) is 11.7 Å². The van der Waals surface area contributed by atoms with Crippen LogP contribution in [0, 0.1) is 5.92 Å². The van der Waals surface area contributed by atoms with Gasteiger partial charge in [0.25, 0.3) is 5.91 Å². The third-order valence-electron chi connectivity index (χ3n) is 8.25. The zero-order valence-electron chi connectivity index (χ0n) is 26.8. The number of hydrogen-bond acceptors (Lipinski definition) is 6. The van der Waals surface area contributed by atoms with Crippen molar-refractivity contribution in [1.82, 2.24) is 20.5 Å². The number of piperidine rings is 1. The van der Waals surface area contributed by atoms with Crippen molar-refractivity contribution < 1.29 is 23.9 Å². The van der Waals surface area contributed by atoms with Gasteiger partial charge < -0.3 is 31.0 Å². The van der Waals surface area contributed by atoms with Crippen molar-refractivity contribution in [2.75, 3.05) is 19.6 Å². The molecule has 1 aliphatic rings. The molecule has 1 saturated heterocycles. The van der Waals surface area contributed by atoms with E-state index in [-0.39, 0.29) is 18.4 Å². The van der Waals surface area contributed by atoms with Crippen LogP contribution in [0.2, 0.25) is 0 Å². The van der Waals surface area contributed by atoms with E-state index >= 15 is 0 Å². The van der Waals surface area contributed by atoms with E-state index in [1.807, 2.05) is 55.6 Å². The molecule has 45 heavy (non-hydrogen) atoms. The van der Waals surface area contributed by atoms with Gasteiger partial charge in [0.1, 0.15) is 17.7 Å². The number of nitrogens with two attached hydrogens (primary N) is 1. The van der Waals surface area contributed by atoms with E-state index in [0.717, 1.165) is 16.5 Å². The second-order valence-corrected chi connectivity index (χ2v) is 12.9. The molecule has 10 nitrogen and oxygen atoms in total. The third kappa shape index (κ3) is 8.94. The van der Waals surface area contributed by atoms with Crippen LogP contribution >= 0.6 is 0 Å². The van der Waals surface area contributed by atoms with Crippen LogP contribution in [0.3, 0.4) is 0 Å². The van der Waals surface area contributed by atoms with Gasteiger partial charge in [-0.3, -0.25) is 14.4 Å². The molecule has 0 spiro atoms. The molecule has 3 unspecified atom stereocenters. The normalized spacial score (nSPS) is 17.3. The predicted molar refractivity (Wildman–Crippen MR) is 174 cm³/mol. The number of nitrogens with one attached hydrogen (secondary N) is 3. The Labute approximate surface area is 265 Å². The Kier molecular flexibility index (Phi) is 11.4. The first-order valence-electron chi connectivity index (χ1n) is 15.9. The molecule has 1 aliphatic heterocycles. The molecule has 4 rings (SSSR count). The number of aromatic amines is 1. The van der Waals surface area contributed by atoms with Crippen molar-refractivity contribution in [3.05, 3.63) is 71.9 Å². The molecule has 0 radical (unpaired) electrons. The highest BCUT2D eigenvalue weighted by Gasteiger charge is 2.36. The van der Waals surface area contributed by atoms with Gasteiger partial charge in [0.15, 0.2) is 0 Å². The topological polar surface area (TPSA) is 147 Å². The summed E-state index contributed by atoms with van der Waals surface area (Å²) in [5.74, 6) is -2.35. The molecule has 1 fully saturated rings. The number of amides is 3. The lowest BCUT2D eigenvalue weighted by atomic mass is 9.90. The molecular weight excluding hydrogens is 570 g/mol. The SMILES string of the molecule is C[C@@H](c1c[nH]c2ccccc12)C(NC(=O)C1CCCN(C(=O)c2ccccc2)C1)C(=O)NC(CCCCN)C(=O)OC(C)(C)C. The lowest BCUT2D eigenvalue weighted by Gasteiger charge is -2.34. The molecule has 2 aromatic carbocycles. The number of ether oxygens (including phenoxy) is 1. The Bertz CT molecular complexity index is 1460. The van der Waals surface area contributed by atoms with Gasteiger partial charge in [-0.2, -0.15) is 0 Å². The zero-order valence-corrected chi connectivity index (χ0v) is 26.8. The number of benzene rings is 2. The second-order valence-electron chi connectivity index (χ2n) is 12.9. The Morgan fingerprint density at radius 2 is 1.73 bits per heavy atom. The van der Waals surface area contributed by atoms with E-state index in [9.17, 15) is 19.2 Å². The van der Waals surface area contributed by atoms with Gasteiger partial charge >= 0.3 is 5.97 Å². The largest absolute Gasteiger partial charge is 0.458 e. The van der Waals surface area contributed by atoms with Crippen LogP contribution < -0.4 is 16.4 Å². The van der Waals surface area contributed by atoms with E-state index in [1.165, 1.54) is 0 Å². The number of unbranched alkanes of at least 4 members (excludes halogenated alkanes) is 1. The smallest absolute Gasteiger partial charge is 0.329 e. The fourth-order valence-electron chi connectivity index (χ4n) is 5.85. The van der Waals surface area contributed by atoms with Crippen molar-refractivity contribution in [3.63, 3.8) is 0 Å². The molecule has 4 atom stereocenters. The summed E-state index contributed by atoms with van der Waals surface area (Å²) in [7, 11) is 0. The average Bonchev–Trinajstić information content (AvgIpc) is 3.46. The first-order valence-corrected chi connectivity index (χ1v) is 15.9. The van der Waals surface area contributed by atoms with E-state index in [2.05, 4.69) is 15.6 Å². The summed E-state index contributed by atoms with van der Waals surface area (Å²) in [5, 5.41) is 6.87. The van der Waals surface area contributed by atoms with Gasteiger partial charge in [0.05, 0.1) is 5.92 Å². The predicted octanol–water partition coefficient (Wildman–Crippen LogP) is 4.26. The molecular formula is C35H47N5O5. The number of carbonyl (C=O) groups is 4. The minimum absolute atomic E-state index is 0.118. The molecule has 0 bridgehead atoms. The summed E-state index contributed by atoms with van der Waals surface area (Å²) < 4.78 is 5.63. The van der Waals surface area contributed by atoms with Gasteiger partial charge in [-0.25, -0.2) is 4.79 Å². The molecule has 1 aromatic heterocycles. The Hall–Kier alpha value is -4.18. The summed E-state index contributed by atoms with van der Waals surface area (Å²) in [5.41, 5.74) is 7.32. The molecule has 0 aliphatic carbocycles. The van der Waals surface area contributed by atoms with Crippen LogP contribution in [0.5, 0.6) is 0 Å². The monoisotopic (exact) mass is 617 g/mol. The summed E-state index contributed by atoms with van der Waals surface area (Å²) in [6, 6.07) is 14.9. The maximum absolute atomic E-state index is 14.1. The number of H-pyrrole nitrogens is 1. The minimum atomic E-state index is -0.989. The quantitative estimate of drug-likeness (QED) is 0.176. The molecule has 5 N–H and O–H groups in total. The summed E-state index contributed by atoms with van der Waals surface area (Å²) in [6.45, 7) is 8.52. The number of hydrogen-bond donors (Lipinski definition) is 4. The van der Waals surface area contributed by atoms with Crippen LogP contribution in [0.4, 0.5) is 0 Å². The average molecular weight is 618 g/mol. The third-order valence-corrected chi connectivity index (χ3v) is 8.25. The van der Waals surface area contributed by atoms with Gasteiger partial charge in [0.2, 0.25) is 11.8 Å². The van der Waals surface area contributed by atoms with Gasteiger partial charge in [-0.1, -0.05) is 43.3 Å². The van der Waals surface area contributed by atoms with Crippen molar-refractivity contribution in [2.45, 2.75) is 83.4 Å². The zero-order chi connectivity index (χ0) is 32.6. The molecule has 0 saturated carbocycles. The number of carbonyl (C=O) groups excluding carboxylic acids is 4. The highest BCUT2D eigenvalue weighted by Crippen LogP contribution is 2.29. The van der Waals surface area contributed by atoms with Crippen molar-refractivity contribution in [1.29, 1.82) is 0 Å². The molecule has 10 heteroatoms. The van der Waals surface area contributed by atoms with Gasteiger partial charge in [-0.15, -0.1) is 0 Å². The molecule has 242 valence electrons. The highest BCUT2D eigenvalue weighted by molar-refractivity contribution is 5.96. The highest BCUT2D eigenvalue weighted by atomic mass is 16.6. The number of para-hydroxylation sites is 1. The number of esters is 1. The standard InChI is InChI=1S/C35H47N5O5/c1-23(27-21-37-28-17-9-8-16-26(27)28)30(32(42)38-29(18-10-11-19-36)34(44)45-35(2,3)4)39-31(41)25-15-12-20-40(22-25)33(43)24-13-6-5-7-14-24/h5-9,13-14,16-17,21,23,25,29-30,37H,10-12,15,18-20,22,36H2,1-4H3,(H,38,42)(H,39,41)/t23-,25?,29?,30?/m0/s1. The van der Waals surface area contributed by atoms with E-state index in [4.69, 9.17) is 10.5 Å². The Morgan fingerprint density at radius 3 is 2.44 bits per heavy atom. The molecule has 2 heterocycles. The minimum Gasteiger partial charge on any atom is -0.458 e. The van der Waals surface area contributed by atoms with E-state index in [1.54, 1.807) is 37.8 Å². The first-order chi connectivity index (χ1) is 21.5. The van der Waals surface area contributed by atoms with Crippen LogP contribution in [-0.4, -0.2) is 70.9 Å². The molecule has 3 aromatic rings. The Balaban J connectivity index is 1.57. The van der Waals surface area contributed by atoms with Crippen LogP contribution in [0.25, 0.3) is 10.9 Å². The second kappa shape index (κ2) is 15.2. The fourth-order valence-corrected chi connectivity index (χ4v) is 5.85. The number of nitrogens with zero attached hydrogens (tertiary/aromatic N) is 1. The summed E-state index contributed by atoms with van der Waals surface area (Å²) in [6.07, 6.45) is 4.81. The van der Waals surface area contributed by atoms with Gasteiger partial charge in [0, 0.05) is 41.7 Å². The number of likely N-dealkylation sites (tertiary alicyclic amines) is 1. The first kappa shape index (κ1) is 33.7. The summed E-state index contributed by atoms with van der Waals surface area (Å²) >= 11 is 0. The fraction of sp³-hybridized carbons (Fsp3) is 0.486. The summed E-state index contributed by atoms with van der Waals surface area (Å²) in [4.78, 5) is 59.2. The Morgan fingerprint density at radius 1 is 1.02 bits per heavy atom. The van der Waals surface area contributed by atoms with Crippen LogP contribution in [0.1, 0.15) is 81.6 Å². The van der Waals surface area contributed by atoms with E-state index in [0.29, 0.717) is 50.8 Å². The lowest BCUT2D eigenvalue weighted by Crippen LogP contribution is -2.56. The maximum Gasteiger partial charge on any atom is 0.329 e. The van der Waals surface area contributed by atoms with Crippen molar-refractivity contribution >= 4 is 34.6 Å². The number of fused-ring (bicyclic) bond motifs is 1. The van der Waals surface area contributed by atoms with Gasteiger partial charge in [-0.05, 0) is 83.2 Å². The number of rotatable bonds is 12. The number of aromatic nitrogens is 1. The maximum atomic E-state index is 14.1. The van der Waals surface area contributed by atoms with Crippen LogP contribution in [-0.2, 0) is 19.1 Å². The lowest BCUT2D eigenvalue weighted by molar-refractivity contribution is -0.159. The van der Waals surface area contributed by atoms with Crippen molar-refractivity contribution in [3.8, 4) is 0 Å².